The van der Waals surface area contributed by atoms with Gasteiger partial charge in [0.15, 0.2) is 0 Å². The van der Waals surface area contributed by atoms with Gasteiger partial charge in [-0.15, -0.1) is 0 Å². The summed E-state index contributed by atoms with van der Waals surface area (Å²) in [5, 5.41) is 2.93. The van der Waals surface area contributed by atoms with Gasteiger partial charge in [0.1, 0.15) is 5.82 Å². The van der Waals surface area contributed by atoms with E-state index in [0.717, 1.165) is 30.6 Å². The first kappa shape index (κ1) is 19.1. The number of para-hydroxylation sites is 1. The van der Waals surface area contributed by atoms with Crippen molar-refractivity contribution in [2.75, 3.05) is 5.01 Å². The zero-order valence-electron chi connectivity index (χ0n) is 17.8. The Kier molecular flexibility index (Phi) is 4.64. The van der Waals surface area contributed by atoms with Crippen LogP contribution in [0.25, 0.3) is 17.0 Å². The first-order chi connectivity index (χ1) is 15.8. The number of fused-ring (bicyclic) bond motifs is 4. The second kappa shape index (κ2) is 7.79. The Morgan fingerprint density at radius 1 is 0.906 bits per heavy atom. The van der Waals surface area contributed by atoms with Crippen molar-refractivity contribution >= 4 is 17.0 Å². The summed E-state index contributed by atoms with van der Waals surface area (Å²) >= 11 is 0. The zero-order chi connectivity index (χ0) is 21.5. The molecule has 4 aromatic rings. The van der Waals surface area contributed by atoms with E-state index in [-0.39, 0.29) is 17.5 Å². The van der Waals surface area contributed by atoms with Crippen molar-refractivity contribution in [1.82, 2.24) is 9.66 Å². The van der Waals surface area contributed by atoms with Crippen molar-refractivity contribution in [2.45, 2.75) is 37.3 Å². The molecule has 3 atom stereocenters. The van der Waals surface area contributed by atoms with Crippen molar-refractivity contribution in [3.63, 3.8) is 0 Å². The molecule has 0 N–H and O–H groups in total. The third-order valence-electron chi connectivity index (χ3n) is 6.73. The summed E-state index contributed by atoms with van der Waals surface area (Å²) < 4.78 is 1.89. The first-order valence-electron chi connectivity index (χ1n) is 11.4. The normalized spacial score (nSPS) is 21.5. The number of hydrogen-bond donors (Lipinski definition) is 0. The van der Waals surface area contributed by atoms with Gasteiger partial charge in [-0.1, -0.05) is 84.9 Å². The highest BCUT2D eigenvalue weighted by molar-refractivity contribution is 5.77. The van der Waals surface area contributed by atoms with E-state index in [2.05, 4.69) is 65.7 Å². The summed E-state index contributed by atoms with van der Waals surface area (Å²) in [5.41, 5.74) is 3.34. The summed E-state index contributed by atoms with van der Waals surface area (Å²) in [6.07, 6.45) is 7.40. The van der Waals surface area contributed by atoms with Gasteiger partial charge in [0.05, 0.1) is 23.0 Å². The maximum atomic E-state index is 13.5. The molecule has 4 heteroatoms. The number of nitrogens with zero attached hydrogens (tertiary/aromatic N) is 3. The Balaban J connectivity index is 1.34. The quantitative estimate of drug-likeness (QED) is 0.404. The number of rotatable bonds is 5. The van der Waals surface area contributed by atoms with E-state index in [1.165, 1.54) is 11.1 Å². The van der Waals surface area contributed by atoms with E-state index in [9.17, 15) is 4.79 Å². The first-order valence-corrected chi connectivity index (χ1v) is 11.4. The number of hydrogen-bond acceptors (Lipinski definition) is 3. The predicted octanol–water partition coefficient (Wildman–Crippen LogP) is 5.44. The minimum Gasteiger partial charge on any atom is -0.293 e. The molecule has 0 unspecified atom stereocenters. The molecule has 3 aromatic carbocycles. The Morgan fingerprint density at radius 3 is 2.44 bits per heavy atom. The van der Waals surface area contributed by atoms with Crippen molar-refractivity contribution in [3.05, 3.63) is 118 Å². The van der Waals surface area contributed by atoms with Gasteiger partial charge in [-0.3, -0.25) is 9.80 Å². The van der Waals surface area contributed by atoms with Gasteiger partial charge in [0.25, 0.3) is 5.56 Å². The minimum atomic E-state index is 0.0542. The van der Waals surface area contributed by atoms with Gasteiger partial charge >= 0.3 is 0 Å². The van der Waals surface area contributed by atoms with Crippen LogP contribution in [0.5, 0.6) is 0 Å². The lowest BCUT2D eigenvalue weighted by molar-refractivity contribution is 0.471. The molecule has 6 rings (SSSR count). The molecule has 1 saturated heterocycles. The van der Waals surface area contributed by atoms with Gasteiger partial charge in [0, 0.05) is 5.92 Å². The average molecular weight is 420 g/mol. The van der Waals surface area contributed by atoms with E-state index in [4.69, 9.17) is 4.98 Å². The van der Waals surface area contributed by atoms with Crippen LogP contribution in [-0.2, 0) is 0 Å². The maximum Gasteiger partial charge on any atom is 0.280 e. The van der Waals surface area contributed by atoms with Crippen LogP contribution < -0.4 is 10.6 Å². The van der Waals surface area contributed by atoms with Gasteiger partial charge < -0.3 is 0 Å². The van der Waals surface area contributed by atoms with Crippen molar-refractivity contribution < 1.29 is 0 Å². The molecule has 4 nitrogen and oxygen atoms in total. The molecule has 0 amide bonds. The van der Waals surface area contributed by atoms with E-state index in [1.807, 2.05) is 41.1 Å². The van der Waals surface area contributed by atoms with Gasteiger partial charge in [-0.2, -0.15) is 0 Å². The largest absolute Gasteiger partial charge is 0.293 e. The number of aromatic nitrogens is 2. The fourth-order valence-electron chi connectivity index (χ4n) is 5.15. The molecule has 3 heterocycles. The molecule has 0 saturated carbocycles. The third kappa shape index (κ3) is 3.23. The van der Waals surface area contributed by atoms with Crippen LogP contribution in [0.15, 0.2) is 95.8 Å². The standard InChI is InChI=1S/C28H25N3O/c32-28-23-17-9-10-18-24(23)29-27-22(16-8-7-13-20-11-3-1-4-12-20)19-25-26(30(25)31(27)28)21-14-5-2-6-15-21/h1-7,9-15,17-18,22,25-26H,8,16,19H2/b13-7+/t22-,25+,26+,30?/m0/s1. The predicted molar refractivity (Wildman–Crippen MR) is 129 cm³/mol. The highest BCUT2D eigenvalue weighted by atomic mass is 16.1. The van der Waals surface area contributed by atoms with Crippen molar-refractivity contribution in [1.29, 1.82) is 0 Å². The van der Waals surface area contributed by atoms with Crippen molar-refractivity contribution in [3.8, 4) is 0 Å². The lowest BCUT2D eigenvalue weighted by Gasteiger charge is -2.26. The molecular weight excluding hydrogens is 394 g/mol. The second-order valence-corrected chi connectivity index (χ2v) is 8.73. The van der Waals surface area contributed by atoms with Crippen LogP contribution in [0.1, 0.15) is 48.2 Å². The molecule has 158 valence electrons. The van der Waals surface area contributed by atoms with Gasteiger partial charge in [-0.25, -0.2) is 9.66 Å². The fourth-order valence-corrected chi connectivity index (χ4v) is 5.15. The summed E-state index contributed by atoms with van der Waals surface area (Å²) in [7, 11) is 0. The van der Waals surface area contributed by atoms with Crippen LogP contribution in [0.4, 0.5) is 0 Å². The van der Waals surface area contributed by atoms with E-state index in [0.29, 0.717) is 11.4 Å². The molecule has 2 aliphatic rings. The molecule has 0 radical (unpaired) electrons. The van der Waals surface area contributed by atoms with E-state index >= 15 is 0 Å². The van der Waals surface area contributed by atoms with Crippen LogP contribution in [0.2, 0.25) is 0 Å². The second-order valence-electron chi connectivity index (χ2n) is 8.73. The monoisotopic (exact) mass is 419 g/mol. The topological polar surface area (TPSA) is 37.9 Å². The fraction of sp³-hybridized carbons (Fsp3) is 0.214. The van der Waals surface area contributed by atoms with Crippen LogP contribution in [0, 0.1) is 0 Å². The lowest BCUT2D eigenvalue weighted by Crippen LogP contribution is -2.38. The van der Waals surface area contributed by atoms with E-state index in [1.54, 1.807) is 0 Å². The SMILES string of the molecule is O=c1c2ccccc2nc2n1N1[C@H](C[C@@H]2CC/C=C/c2ccccc2)[C@H]1c1ccccc1. The lowest BCUT2D eigenvalue weighted by atomic mass is 9.93. The molecule has 1 fully saturated rings. The van der Waals surface area contributed by atoms with Crippen LogP contribution in [-0.4, -0.2) is 15.7 Å². The Hall–Kier alpha value is -3.66. The maximum absolute atomic E-state index is 13.5. The average Bonchev–Trinajstić information content (AvgIpc) is 3.57. The molecule has 0 spiro atoms. The molecular formula is C28H25N3O. The molecule has 0 aliphatic carbocycles. The van der Waals surface area contributed by atoms with Crippen LogP contribution in [0.3, 0.4) is 0 Å². The zero-order valence-corrected chi connectivity index (χ0v) is 17.8. The molecule has 0 bridgehead atoms. The molecule has 2 aliphatic heterocycles. The highest BCUT2D eigenvalue weighted by Gasteiger charge is 2.54. The Morgan fingerprint density at radius 2 is 1.62 bits per heavy atom. The Bertz CT molecular complexity index is 1340. The van der Waals surface area contributed by atoms with Crippen LogP contribution >= 0.6 is 0 Å². The minimum absolute atomic E-state index is 0.0542. The smallest absolute Gasteiger partial charge is 0.280 e. The summed E-state index contributed by atoms with van der Waals surface area (Å²) in [6.45, 7) is 0. The highest BCUT2D eigenvalue weighted by Crippen LogP contribution is 2.50. The third-order valence-corrected chi connectivity index (χ3v) is 6.73. The number of benzene rings is 3. The summed E-state index contributed by atoms with van der Waals surface area (Å²) in [5.74, 6) is 1.18. The molecule has 1 aromatic heterocycles. The van der Waals surface area contributed by atoms with Crippen molar-refractivity contribution in [2.24, 2.45) is 0 Å². The Labute approximate surface area is 187 Å². The number of allylic oxidation sites excluding steroid dienone is 1. The summed E-state index contributed by atoms with van der Waals surface area (Å²) in [6, 6.07) is 29.2. The van der Waals surface area contributed by atoms with Gasteiger partial charge in [-0.05, 0) is 42.5 Å². The van der Waals surface area contributed by atoms with Gasteiger partial charge in [0.2, 0.25) is 0 Å². The van der Waals surface area contributed by atoms with E-state index < -0.39 is 0 Å². The molecule has 32 heavy (non-hydrogen) atoms. The summed E-state index contributed by atoms with van der Waals surface area (Å²) in [4.78, 5) is 18.5.